The van der Waals surface area contributed by atoms with Gasteiger partial charge in [-0.25, -0.2) is 5.84 Å². The van der Waals surface area contributed by atoms with Gasteiger partial charge in [0.25, 0.3) is 0 Å². The Morgan fingerprint density at radius 3 is 2.47 bits per heavy atom. The zero-order valence-corrected chi connectivity index (χ0v) is 10.9. The molecule has 0 aromatic heterocycles. The van der Waals surface area contributed by atoms with Crippen LogP contribution < -0.4 is 16.6 Å². The molecule has 90 valence electrons. The highest BCUT2D eigenvalue weighted by molar-refractivity contribution is 7.80. The van der Waals surface area contributed by atoms with Gasteiger partial charge in [0.2, 0.25) is 0 Å². The van der Waals surface area contributed by atoms with Crippen LogP contribution in [0.3, 0.4) is 0 Å². The smallest absolute Gasteiger partial charge is 0.180 e. The lowest BCUT2D eigenvalue weighted by molar-refractivity contribution is 0.292. The average Bonchev–Trinajstić information content (AvgIpc) is 2.24. The molecule has 0 amide bonds. The Bertz CT molecular complexity index is 171. The van der Waals surface area contributed by atoms with E-state index in [1.165, 1.54) is 6.42 Å². The van der Waals surface area contributed by atoms with Crippen molar-refractivity contribution in [1.29, 1.82) is 0 Å². The normalized spacial score (nSPS) is 12.6. The summed E-state index contributed by atoms with van der Waals surface area (Å²) in [5.41, 5.74) is 2.43. The van der Waals surface area contributed by atoms with Crippen LogP contribution >= 0.6 is 12.2 Å². The number of hydrazine groups is 1. The number of nitrogens with zero attached hydrogens (tertiary/aromatic N) is 1. The first kappa shape index (κ1) is 14.6. The summed E-state index contributed by atoms with van der Waals surface area (Å²) in [6.45, 7) is 9.91. The van der Waals surface area contributed by atoms with Gasteiger partial charge in [0.05, 0.1) is 0 Å². The fourth-order valence-corrected chi connectivity index (χ4v) is 1.70. The third-order valence-corrected chi connectivity index (χ3v) is 2.75. The molecular weight excluding hydrogens is 208 g/mol. The molecule has 0 aromatic carbocycles. The molecule has 0 aromatic rings. The molecule has 15 heavy (non-hydrogen) atoms. The quantitative estimate of drug-likeness (QED) is 0.345. The first-order chi connectivity index (χ1) is 7.13. The van der Waals surface area contributed by atoms with Gasteiger partial charge in [-0.3, -0.25) is 0 Å². The van der Waals surface area contributed by atoms with Crippen molar-refractivity contribution in [2.24, 2.45) is 5.84 Å². The Hall–Kier alpha value is -0.390. The number of nitrogens with one attached hydrogen (secondary N) is 2. The Kier molecular flexibility index (Phi) is 8.65. The molecule has 0 fully saturated rings. The van der Waals surface area contributed by atoms with Crippen LogP contribution in [0.25, 0.3) is 0 Å². The Balaban J connectivity index is 3.53. The molecule has 0 aliphatic rings. The van der Waals surface area contributed by atoms with E-state index < -0.39 is 0 Å². The van der Waals surface area contributed by atoms with E-state index in [4.69, 9.17) is 18.1 Å². The number of hydrogen-bond acceptors (Lipinski definition) is 3. The summed E-state index contributed by atoms with van der Waals surface area (Å²) in [5, 5.41) is 3.63. The Morgan fingerprint density at radius 2 is 2.00 bits per heavy atom. The van der Waals surface area contributed by atoms with Gasteiger partial charge >= 0.3 is 0 Å². The van der Waals surface area contributed by atoms with E-state index in [-0.39, 0.29) is 0 Å². The van der Waals surface area contributed by atoms with Gasteiger partial charge in [0.15, 0.2) is 5.11 Å². The minimum Gasteiger partial charge on any atom is -0.359 e. The van der Waals surface area contributed by atoms with Crippen molar-refractivity contribution < 1.29 is 0 Å². The monoisotopic (exact) mass is 232 g/mol. The largest absolute Gasteiger partial charge is 0.359 e. The van der Waals surface area contributed by atoms with Crippen LogP contribution in [0.4, 0.5) is 0 Å². The van der Waals surface area contributed by atoms with Crippen LogP contribution in [0.15, 0.2) is 0 Å². The lowest BCUT2D eigenvalue weighted by Crippen LogP contribution is -2.43. The molecule has 1 unspecified atom stereocenters. The Morgan fingerprint density at radius 1 is 1.40 bits per heavy atom. The van der Waals surface area contributed by atoms with Crippen LogP contribution in [0.5, 0.6) is 0 Å². The summed E-state index contributed by atoms with van der Waals surface area (Å²) in [6, 6.07) is 0.379. The zero-order chi connectivity index (χ0) is 11.7. The first-order valence-electron chi connectivity index (χ1n) is 5.63. The summed E-state index contributed by atoms with van der Waals surface area (Å²) in [4.78, 5) is 2.42. The predicted octanol–water partition coefficient (Wildman–Crippen LogP) is 0.835. The van der Waals surface area contributed by atoms with E-state index >= 15 is 0 Å². The fraction of sp³-hybridized carbons (Fsp3) is 0.900. The van der Waals surface area contributed by atoms with Gasteiger partial charge in [-0.1, -0.05) is 13.8 Å². The maximum Gasteiger partial charge on any atom is 0.180 e. The second-order valence-electron chi connectivity index (χ2n) is 3.69. The van der Waals surface area contributed by atoms with Gasteiger partial charge in [-0.15, -0.1) is 0 Å². The minimum atomic E-state index is 0.379. The van der Waals surface area contributed by atoms with E-state index in [1.807, 2.05) is 0 Å². The summed E-state index contributed by atoms with van der Waals surface area (Å²) < 4.78 is 0. The van der Waals surface area contributed by atoms with Crippen molar-refractivity contribution in [3.63, 3.8) is 0 Å². The Labute approximate surface area is 98.6 Å². The molecule has 0 aliphatic heterocycles. The molecule has 4 N–H and O–H groups in total. The SMILES string of the molecule is CCN(CC)CCCC(C)NC(=S)NN. The van der Waals surface area contributed by atoms with Gasteiger partial charge in [-0.05, 0) is 51.6 Å². The maximum atomic E-state index is 5.18. The topological polar surface area (TPSA) is 53.3 Å². The molecule has 0 rings (SSSR count). The fourth-order valence-electron chi connectivity index (χ4n) is 1.50. The molecule has 0 radical (unpaired) electrons. The average molecular weight is 232 g/mol. The molecule has 1 atom stereocenters. The molecule has 0 heterocycles. The van der Waals surface area contributed by atoms with Crippen LogP contribution in [0.2, 0.25) is 0 Å². The van der Waals surface area contributed by atoms with Crippen LogP contribution in [-0.2, 0) is 0 Å². The van der Waals surface area contributed by atoms with E-state index in [0.717, 1.165) is 26.1 Å². The summed E-state index contributed by atoms with van der Waals surface area (Å²) in [7, 11) is 0. The lowest BCUT2D eigenvalue weighted by Gasteiger charge is -2.20. The lowest BCUT2D eigenvalue weighted by atomic mass is 10.2. The van der Waals surface area contributed by atoms with E-state index in [2.05, 4.69) is 36.4 Å². The summed E-state index contributed by atoms with van der Waals surface area (Å²) >= 11 is 4.92. The first-order valence-corrected chi connectivity index (χ1v) is 6.04. The molecule has 4 nitrogen and oxygen atoms in total. The van der Waals surface area contributed by atoms with E-state index in [1.54, 1.807) is 0 Å². The van der Waals surface area contributed by atoms with Crippen molar-refractivity contribution in [3.05, 3.63) is 0 Å². The molecular formula is C10H24N4S. The highest BCUT2D eigenvalue weighted by atomic mass is 32.1. The molecule has 0 aliphatic carbocycles. The second kappa shape index (κ2) is 8.88. The maximum absolute atomic E-state index is 5.18. The molecule has 0 bridgehead atoms. The van der Waals surface area contributed by atoms with Crippen molar-refractivity contribution >= 4 is 17.3 Å². The molecule has 0 saturated carbocycles. The highest BCUT2D eigenvalue weighted by Crippen LogP contribution is 1.99. The van der Waals surface area contributed by atoms with Crippen molar-refractivity contribution in [3.8, 4) is 0 Å². The number of nitrogens with two attached hydrogens (primary N) is 1. The van der Waals surface area contributed by atoms with Crippen molar-refractivity contribution in [1.82, 2.24) is 15.6 Å². The third-order valence-electron chi connectivity index (χ3n) is 2.51. The van der Waals surface area contributed by atoms with Crippen LogP contribution in [-0.4, -0.2) is 35.7 Å². The van der Waals surface area contributed by atoms with Gasteiger partial charge in [0.1, 0.15) is 0 Å². The number of thiocarbonyl (C=S) groups is 1. The second-order valence-corrected chi connectivity index (χ2v) is 4.10. The van der Waals surface area contributed by atoms with Crippen molar-refractivity contribution in [2.75, 3.05) is 19.6 Å². The standard InChI is InChI=1S/C10H24N4S/c1-4-14(5-2)8-6-7-9(3)12-10(15)13-11/h9H,4-8,11H2,1-3H3,(H2,12,13,15). The van der Waals surface area contributed by atoms with Crippen LogP contribution in [0, 0.1) is 0 Å². The highest BCUT2D eigenvalue weighted by Gasteiger charge is 2.04. The van der Waals surface area contributed by atoms with Gasteiger partial charge in [0, 0.05) is 6.04 Å². The summed E-state index contributed by atoms with van der Waals surface area (Å²) in [5.74, 6) is 5.18. The summed E-state index contributed by atoms with van der Waals surface area (Å²) in [6.07, 6.45) is 2.29. The van der Waals surface area contributed by atoms with Crippen molar-refractivity contribution in [2.45, 2.75) is 39.7 Å². The van der Waals surface area contributed by atoms with E-state index in [9.17, 15) is 0 Å². The number of hydrogen-bond donors (Lipinski definition) is 3. The van der Waals surface area contributed by atoms with Gasteiger partial charge < -0.3 is 15.6 Å². The predicted molar refractivity (Wildman–Crippen MR) is 69.5 cm³/mol. The minimum absolute atomic E-state index is 0.379. The van der Waals surface area contributed by atoms with Crippen LogP contribution in [0.1, 0.15) is 33.6 Å². The van der Waals surface area contributed by atoms with Gasteiger partial charge in [-0.2, -0.15) is 0 Å². The molecule has 5 heteroatoms. The third kappa shape index (κ3) is 7.53. The molecule has 0 saturated heterocycles. The molecule has 0 spiro atoms. The number of rotatable bonds is 7. The van der Waals surface area contributed by atoms with E-state index in [0.29, 0.717) is 11.2 Å². The zero-order valence-electron chi connectivity index (χ0n) is 10.0.